The van der Waals surface area contributed by atoms with Gasteiger partial charge < -0.3 is 9.47 Å². The molecule has 0 fully saturated rings. The fourth-order valence-corrected chi connectivity index (χ4v) is 4.01. The number of hydrazone groups is 1. The van der Waals surface area contributed by atoms with E-state index in [1.165, 1.54) is 0 Å². The van der Waals surface area contributed by atoms with Crippen molar-refractivity contribution in [1.82, 2.24) is 9.97 Å². The van der Waals surface area contributed by atoms with Crippen LogP contribution in [0, 0.1) is 11.3 Å². The Balaban J connectivity index is 1.56. The van der Waals surface area contributed by atoms with Gasteiger partial charge in [-0.2, -0.15) is 10.4 Å². The second-order valence-corrected chi connectivity index (χ2v) is 8.88. The summed E-state index contributed by atoms with van der Waals surface area (Å²) in [5.41, 5.74) is 4.56. The van der Waals surface area contributed by atoms with E-state index >= 15 is 0 Å². The van der Waals surface area contributed by atoms with Crippen LogP contribution < -0.4 is 20.5 Å². The van der Waals surface area contributed by atoms with Crippen LogP contribution in [0.5, 0.6) is 11.5 Å². The Morgan fingerprint density at radius 2 is 1.86 bits per heavy atom. The quantitative estimate of drug-likeness (QED) is 0.182. The van der Waals surface area contributed by atoms with Gasteiger partial charge in [-0.05, 0) is 41.1 Å². The number of nitriles is 1. The predicted molar refractivity (Wildman–Crippen MR) is 147 cm³/mol. The molecule has 2 N–H and O–H groups in total. The van der Waals surface area contributed by atoms with E-state index in [1.807, 2.05) is 43.3 Å². The van der Waals surface area contributed by atoms with Crippen LogP contribution in [-0.4, -0.2) is 22.8 Å². The number of hydrogen-bond acceptors (Lipinski definition) is 7. The van der Waals surface area contributed by atoms with Crippen molar-refractivity contribution < 1.29 is 9.47 Å². The lowest BCUT2D eigenvalue weighted by atomic mass is 10.1. The van der Waals surface area contributed by atoms with E-state index in [2.05, 4.69) is 36.4 Å². The number of nitrogens with zero attached hydrogens (tertiary/aromatic N) is 3. The molecule has 37 heavy (non-hydrogen) atoms. The molecule has 1 heterocycles. The summed E-state index contributed by atoms with van der Waals surface area (Å²) in [6.07, 6.45) is 1.55. The van der Waals surface area contributed by atoms with Crippen molar-refractivity contribution in [3.63, 3.8) is 0 Å². The van der Waals surface area contributed by atoms with Crippen LogP contribution in [0.2, 0.25) is 5.02 Å². The Bertz CT molecular complexity index is 1530. The number of H-pyrrole nitrogens is 1. The van der Waals surface area contributed by atoms with Crippen LogP contribution in [0.4, 0.5) is 5.95 Å². The fraction of sp³-hybridized carbons (Fsp3) is 0.111. The first-order valence-electron chi connectivity index (χ1n) is 11.2. The molecule has 0 spiro atoms. The van der Waals surface area contributed by atoms with E-state index in [0.29, 0.717) is 38.7 Å². The van der Waals surface area contributed by atoms with Gasteiger partial charge in [-0.3, -0.25) is 9.78 Å². The van der Waals surface area contributed by atoms with Crippen molar-refractivity contribution >= 4 is 39.7 Å². The third kappa shape index (κ3) is 6.36. The number of nitrogens with one attached hydrogen (secondary N) is 2. The number of ether oxygens (including phenoxy) is 2. The Labute approximate surface area is 226 Å². The van der Waals surface area contributed by atoms with Crippen LogP contribution in [-0.2, 0) is 6.61 Å². The molecule has 0 aliphatic carbocycles. The van der Waals surface area contributed by atoms with Gasteiger partial charge in [-0.1, -0.05) is 60.1 Å². The molecule has 0 unspecified atom stereocenters. The Kier molecular flexibility index (Phi) is 8.56. The van der Waals surface area contributed by atoms with E-state index < -0.39 is 5.56 Å². The van der Waals surface area contributed by atoms with Gasteiger partial charge in [-0.15, -0.1) is 0 Å². The third-order valence-corrected chi connectivity index (χ3v) is 6.21. The number of benzene rings is 3. The zero-order valence-corrected chi connectivity index (χ0v) is 22.0. The lowest BCUT2D eigenvalue weighted by Gasteiger charge is -2.14. The van der Waals surface area contributed by atoms with E-state index in [1.54, 1.807) is 42.6 Å². The van der Waals surface area contributed by atoms with Gasteiger partial charge >= 0.3 is 0 Å². The van der Waals surface area contributed by atoms with Gasteiger partial charge in [0.1, 0.15) is 18.2 Å². The molecule has 0 amide bonds. The van der Waals surface area contributed by atoms with Crippen molar-refractivity contribution in [2.75, 3.05) is 12.0 Å². The molecule has 0 saturated carbocycles. The molecule has 0 radical (unpaired) electrons. The first-order valence-corrected chi connectivity index (χ1v) is 12.4. The Morgan fingerprint density at radius 3 is 2.59 bits per heavy atom. The lowest BCUT2D eigenvalue weighted by molar-refractivity contribution is 0.269. The number of halogens is 2. The summed E-state index contributed by atoms with van der Waals surface area (Å²) in [5, 5.41) is 14.3. The molecule has 0 saturated heterocycles. The summed E-state index contributed by atoms with van der Waals surface area (Å²) < 4.78 is 12.5. The van der Waals surface area contributed by atoms with Crippen LogP contribution in [0.3, 0.4) is 0 Å². The third-order valence-electron chi connectivity index (χ3n) is 5.16. The maximum atomic E-state index is 12.4. The maximum Gasteiger partial charge on any atom is 0.270 e. The van der Waals surface area contributed by atoms with Crippen molar-refractivity contribution in [2.24, 2.45) is 5.10 Å². The minimum atomic E-state index is -0.561. The number of hydrogen-bond donors (Lipinski definition) is 2. The van der Waals surface area contributed by atoms with Gasteiger partial charge in [-0.25, -0.2) is 10.4 Å². The lowest BCUT2D eigenvalue weighted by Crippen LogP contribution is -2.16. The van der Waals surface area contributed by atoms with Crippen molar-refractivity contribution in [3.8, 4) is 28.8 Å². The Hall–Kier alpha value is -4.13. The molecule has 0 aliphatic heterocycles. The molecular formula is C27H21BrClN5O3. The number of aromatic amines is 1. The second kappa shape index (κ2) is 12.2. The predicted octanol–water partition coefficient (Wildman–Crippen LogP) is 6.15. The monoisotopic (exact) mass is 577 g/mol. The first kappa shape index (κ1) is 25.9. The number of aromatic nitrogens is 2. The zero-order chi connectivity index (χ0) is 26.2. The normalized spacial score (nSPS) is 10.8. The van der Waals surface area contributed by atoms with Crippen molar-refractivity contribution in [1.29, 1.82) is 5.26 Å². The summed E-state index contributed by atoms with van der Waals surface area (Å²) in [6.45, 7) is 2.60. The smallest absolute Gasteiger partial charge is 0.270 e. The summed E-state index contributed by atoms with van der Waals surface area (Å²) in [5.74, 6) is 1.18. The molecule has 0 aliphatic rings. The van der Waals surface area contributed by atoms with Crippen LogP contribution >= 0.6 is 27.5 Å². The van der Waals surface area contributed by atoms with E-state index in [9.17, 15) is 10.1 Å². The van der Waals surface area contributed by atoms with Gasteiger partial charge in [0.05, 0.1) is 18.5 Å². The molecule has 0 bridgehead atoms. The van der Waals surface area contributed by atoms with Crippen LogP contribution in [0.25, 0.3) is 11.3 Å². The molecule has 10 heteroatoms. The molecule has 8 nitrogen and oxygen atoms in total. The van der Waals surface area contributed by atoms with E-state index in [0.717, 1.165) is 5.56 Å². The van der Waals surface area contributed by atoms with Crippen molar-refractivity contribution in [3.05, 3.63) is 103 Å². The van der Waals surface area contributed by atoms with Crippen LogP contribution in [0.15, 0.2) is 81.1 Å². The number of rotatable bonds is 9. The fourth-order valence-electron chi connectivity index (χ4n) is 3.40. The zero-order valence-electron chi connectivity index (χ0n) is 19.7. The minimum Gasteiger partial charge on any atom is -0.490 e. The standard InChI is InChI=1S/C27H21BrClN5O3/c1-2-36-23-12-19(21(28)13-24(23)37-16-18-10-6-7-11-22(18)29)15-31-34-27-32-25(17-8-4-3-5-9-17)20(14-30)26(35)33-27/h3-13,15H,2,16H2,1H3,(H2,32,33,34,35). The summed E-state index contributed by atoms with van der Waals surface area (Å²) in [6, 6.07) is 22.0. The van der Waals surface area contributed by atoms with Crippen molar-refractivity contribution in [2.45, 2.75) is 13.5 Å². The second-order valence-electron chi connectivity index (χ2n) is 7.62. The molecule has 4 rings (SSSR count). The number of anilines is 1. The first-order chi connectivity index (χ1) is 18.0. The summed E-state index contributed by atoms with van der Waals surface area (Å²) in [7, 11) is 0. The van der Waals surface area contributed by atoms with E-state index in [-0.39, 0.29) is 23.8 Å². The average molecular weight is 579 g/mol. The molecule has 3 aromatic carbocycles. The molecular weight excluding hydrogens is 558 g/mol. The highest BCUT2D eigenvalue weighted by Gasteiger charge is 2.14. The Morgan fingerprint density at radius 1 is 1.14 bits per heavy atom. The minimum absolute atomic E-state index is 0.0720. The largest absolute Gasteiger partial charge is 0.490 e. The topological polar surface area (TPSA) is 112 Å². The van der Waals surface area contributed by atoms with Gasteiger partial charge in [0.15, 0.2) is 11.5 Å². The average Bonchev–Trinajstić information content (AvgIpc) is 2.90. The van der Waals surface area contributed by atoms with Gasteiger partial charge in [0, 0.05) is 26.2 Å². The highest BCUT2D eigenvalue weighted by atomic mass is 79.9. The molecule has 1 aromatic heterocycles. The summed E-state index contributed by atoms with van der Waals surface area (Å²) in [4.78, 5) is 19.3. The van der Waals surface area contributed by atoms with Gasteiger partial charge in [0.2, 0.25) is 5.95 Å². The molecule has 0 atom stereocenters. The highest BCUT2D eigenvalue weighted by molar-refractivity contribution is 9.10. The molecule has 4 aromatic rings. The summed E-state index contributed by atoms with van der Waals surface area (Å²) >= 11 is 9.78. The highest BCUT2D eigenvalue weighted by Crippen LogP contribution is 2.34. The molecule has 186 valence electrons. The van der Waals surface area contributed by atoms with Gasteiger partial charge in [0.25, 0.3) is 5.56 Å². The maximum absolute atomic E-state index is 12.4. The van der Waals surface area contributed by atoms with E-state index in [4.69, 9.17) is 21.1 Å². The van der Waals surface area contributed by atoms with Crippen LogP contribution in [0.1, 0.15) is 23.6 Å². The SMILES string of the molecule is CCOc1cc(C=NNc2nc(-c3ccccc3)c(C#N)c(=O)[nH]2)c(Br)cc1OCc1ccccc1Cl.